The Hall–Kier alpha value is -1.77. The monoisotopic (exact) mass is 260 g/mol. The Morgan fingerprint density at radius 2 is 2.24 bits per heavy atom. The lowest BCUT2D eigenvalue weighted by Crippen LogP contribution is -2.28. The Bertz CT molecular complexity index is 562. The molecule has 1 aliphatic heterocycles. The Balaban J connectivity index is 2.28. The summed E-state index contributed by atoms with van der Waals surface area (Å²) in [5, 5.41) is -1.36. The SMILES string of the molecule is Nc1ccnc(N2CC(S(=O)(=O)F)CC2=O)n1. The molecule has 92 valence electrons. The van der Waals surface area contributed by atoms with Crippen LogP contribution in [-0.2, 0) is 15.0 Å². The second kappa shape index (κ2) is 3.91. The first-order valence-electron chi connectivity index (χ1n) is 4.70. The first-order valence-corrected chi connectivity index (χ1v) is 6.15. The highest BCUT2D eigenvalue weighted by atomic mass is 32.3. The van der Waals surface area contributed by atoms with Gasteiger partial charge in [0.25, 0.3) is 0 Å². The van der Waals surface area contributed by atoms with Crippen LogP contribution >= 0.6 is 0 Å². The van der Waals surface area contributed by atoms with Crippen LogP contribution in [0.25, 0.3) is 0 Å². The van der Waals surface area contributed by atoms with Crippen molar-refractivity contribution in [1.82, 2.24) is 9.97 Å². The lowest BCUT2D eigenvalue weighted by Gasteiger charge is -2.13. The summed E-state index contributed by atoms with van der Waals surface area (Å²) in [4.78, 5) is 20.1. The van der Waals surface area contributed by atoms with Crippen molar-refractivity contribution in [1.29, 1.82) is 0 Å². The normalized spacial score (nSPS) is 20.9. The van der Waals surface area contributed by atoms with Gasteiger partial charge in [-0.2, -0.15) is 13.4 Å². The summed E-state index contributed by atoms with van der Waals surface area (Å²) in [5.74, 6) is -0.405. The minimum Gasteiger partial charge on any atom is -0.384 e. The van der Waals surface area contributed by atoms with Crippen molar-refractivity contribution in [2.45, 2.75) is 11.7 Å². The molecular formula is C8H9FN4O3S. The zero-order valence-electron chi connectivity index (χ0n) is 8.58. The molecule has 7 nitrogen and oxygen atoms in total. The van der Waals surface area contributed by atoms with Crippen LogP contribution < -0.4 is 10.6 Å². The molecule has 0 spiro atoms. The van der Waals surface area contributed by atoms with Crippen molar-refractivity contribution in [2.75, 3.05) is 17.2 Å². The molecular weight excluding hydrogens is 251 g/mol. The zero-order chi connectivity index (χ0) is 12.6. The summed E-state index contributed by atoms with van der Waals surface area (Å²) in [6.07, 6.45) is 0.930. The number of nitrogens with two attached hydrogens (primary N) is 1. The number of rotatable bonds is 2. The molecule has 1 unspecified atom stereocenters. The van der Waals surface area contributed by atoms with E-state index in [-0.39, 0.29) is 18.3 Å². The van der Waals surface area contributed by atoms with E-state index >= 15 is 0 Å². The Labute approximate surface area is 96.7 Å². The Morgan fingerprint density at radius 1 is 1.53 bits per heavy atom. The molecule has 9 heteroatoms. The standard InChI is InChI=1S/C8H9FN4O3S/c9-17(15,16)5-3-7(14)13(4-5)8-11-2-1-6(10)12-8/h1-2,5H,3-4H2,(H2,10,11,12). The van der Waals surface area contributed by atoms with Gasteiger partial charge in [0.2, 0.25) is 11.9 Å². The molecule has 2 heterocycles. The summed E-state index contributed by atoms with van der Waals surface area (Å²) >= 11 is 0. The van der Waals surface area contributed by atoms with E-state index in [1.165, 1.54) is 12.3 Å². The number of hydrogen-bond acceptors (Lipinski definition) is 6. The lowest BCUT2D eigenvalue weighted by atomic mass is 10.4. The number of nitrogens with zero attached hydrogens (tertiary/aromatic N) is 3. The van der Waals surface area contributed by atoms with E-state index in [9.17, 15) is 17.1 Å². The van der Waals surface area contributed by atoms with E-state index in [1.54, 1.807) is 0 Å². The quantitative estimate of drug-likeness (QED) is 0.716. The van der Waals surface area contributed by atoms with Crippen LogP contribution in [0.2, 0.25) is 0 Å². The maximum Gasteiger partial charge on any atom is 0.307 e. The van der Waals surface area contributed by atoms with Gasteiger partial charge >= 0.3 is 10.2 Å². The number of aromatic nitrogens is 2. The van der Waals surface area contributed by atoms with Gasteiger partial charge in [-0.05, 0) is 6.07 Å². The first kappa shape index (κ1) is 11.7. The molecule has 0 radical (unpaired) electrons. The maximum absolute atomic E-state index is 12.8. The highest BCUT2D eigenvalue weighted by Crippen LogP contribution is 2.23. The Morgan fingerprint density at radius 3 is 2.76 bits per heavy atom. The highest BCUT2D eigenvalue weighted by Gasteiger charge is 2.40. The molecule has 1 aliphatic rings. The highest BCUT2D eigenvalue weighted by molar-refractivity contribution is 7.87. The van der Waals surface area contributed by atoms with E-state index < -0.39 is 27.8 Å². The average Bonchev–Trinajstić information content (AvgIpc) is 2.60. The summed E-state index contributed by atoms with van der Waals surface area (Å²) in [6.45, 7) is -0.291. The van der Waals surface area contributed by atoms with Crippen molar-refractivity contribution in [3.63, 3.8) is 0 Å². The minimum absolute atomic E-state index is 0.0128. The van der Waals surface area contributed by atoms with Crippen molar-refractivity contribution < 1.29 is 17.1 Å². The van der Waals surface area contributed by atoms with Crippen LogP contribution in [0.5, 0.6) is 0 Å². The van der Waals surface area contributed by atoms with Crippen LogP contribution in [-0.4, -0.2) is 36.1 Å². The predicted molar refractivity (Wildman–Crippen MR) is 57.2 cm³/mol. The third kappa shape index (κ3) is 2.33. The fourth-order valence-electron chi connectivity index (χ4n) is 1.55. The van der Waals surface area contributed by atoms with Crippen molar-refractivity contribution in [3.8, 4) is 0 Å². The summed E-state index contributed by atoms with van der Waals surface area (Å²) in [6, 6.07) is 1.42. The zero-order valence-corrected chi connectivity index (χ0v) is 9.39. The van der Waals surface area contributed by atoms with Crippen molar-refractivity contribution >= 4 is 27.9 Å². The summed E-state index contributed by atoms with van der Waals surface area (Å²) < 4.78 is 34.2. The van der Waals surface area contributed by atoms with E-state index in [1.807, 2.05) is 0 Å². The van der Waals surface area contributed by atoms with E-state index in [0.717, 1.165) is 4.90 Å². The van der Waals surface area contributed by atoms with Gasteiger partial charge in [-0.3, -0.25) is 9.69 Å². The number of anilines is 2. The van der Waals surface area contributed by atoms with Gasteiger partial charge in [-0.25, -0.2) is 4.98 Å². The molecule has 1 aromatic heterocycles. The third-order valence-electron chi connectivity index (χ3n) is 2.39. The lowest BCUT2D eigenvalue weighted by molar-refractivity contribution is -0.117. The van der Waals surface area contributed by atoms with Crippen LogP contribution in [0.15, 0.2) is 12.3 Å². The molecule has 17 heavy (non-hydrogen) atoms. The molecule has 1 amide bonds. The molecule has 1 saturated heterocycles. The van der Waals surface area contributed by atoms with Crippen LogP contribution in [0.4, 0.5) is 15.7 Å². The van der Waals surface area contributed by atoms with Gasteiger partial charge in [0.15, 0.2) is 0 Å². The number of halogens is 1. The van der Waals surface area contributed by atoms with Gasteiger partial charge in [-0.15, -0.1) is 3.89 Å². The molecule has 0 aliphatic carbocycles. The molecule has 0 bridgehead atoms. The summed E-state index contributed by atoms with van der Waals surface area (Å²) in [7, 11) is -4.74. The van der Waals surface area contributed by atoms with Gasteiger partial charge in [0, 0.05) is 19.2 Å². The molecule has 1 fully saturated rings. The van der Waals surface area contributed by atoms with Gasteiger partial charge in [-0.1, -0.05) is 0 Å². The summed E-state index contributed by atoms with van der Waals surface area (Å²) in [5.41, 5.74) is 5.41. The number of amides is 1. The predicted octanol–water partition coefficient (Wildman–Crippen LogP) is -0.537. The average molecular weight is 260 g/mol. The topological polar surface area (TPSA) is 106 Å². The van der Waals surface area contributed by atoms with Gasteiger partial charge in [0.05, 0.1) is 0 Å². The number of carbonyl (C=O) groups excluding carboxylic acids is 1. The van der Waals surface area contributed by atoms with Crippen LogP contribution in [0, 0.1) is 0 Å². The number of nitrogen functional groups attached to an aromatic ring is 1. The van der Waals surface area contributed by atoms with Crippen molar-refractivity contribution in [3.05, 3.63) is 12.3 Å². The number of carbonyl (C=O) groups is 1. The van der Waals surface area contributed by atoms with Gasteiger partial charge < -0.3 is 5.73 Å². The molecule has 2 rings (SSSR count). The van der Waals surface area contributed by atoms with E-state index in [0.29, 0.717) is 0 Å². The maximum atomic E-state index is 12.8. The minimum atomic E-state index is -4.74. The fraction of sp³-hybridized carbons (Fsp3) is 0.375. The molecule has 2 N–H and O–H groups in total. The van der Waals surface area contributed by atoms with Crippen LogP contribution in [0.1, 0.15) is 6.42 Å². The smallest absolute Gasteiger partial charge is 0.307 e. The van der Waals surface area contributed by atoms with E-state index in [2.05, 4.69) is 9.97 Å². The molecule has 1 aromatic rings. The third-order valence-corrected chi connectivity index (χ3v) is 3.51. The van der Waals surface area contributed by atoms with Gasteiger partial charge in [0.1, 0.15) is 11.1 Å². The van der Waals surface area contributed by atoms with Crippen LogP contribution in [0.3, 0.4) is 0 Å². The Kier molecular flexibility index (Phi) is 2.69. The number of hydrogen-bond donors (Lipinski definition) is 1. The molecule has 0 aromatic carbocycles. The largest absolute Gasteiger partial charge is 0.384 e. The second-order valence-corrected chi connectivity index (χ2v) is 5.21. The molecule has 0 saturated carbocycles. The fourth-order valence-corrected chi connectivity index (χ4v) is 2.22. The molecule has 1 atom stereocenters. The van der Waals surface area contributed by atoms with E-state index in [4.69, 9.17) is 5.73 Å². The van der Waals surface area contributed by atoms with Crippen molar-refractivity contribution in [2.24, 2.45) is 0 Å². The first-order chi connectivity index (χ1) is 7.88. The second-order valence-electron chi connectivity index (χ2n) is 3.59.